The van der Waals surface area contributed by atoms with Gasteiger partial charge in [0.15, 0.2) is 15.9 Å². The second kappa shape index (κ2) is 12.9. The molecule has 0 radical (unpaired) electrons. The fraction of sp³-hybridized carbons (Fsp3) is 0.267. The quantitative estimate of drug-likeness (QED) is 0.0752. The smallest absolute Gasteiger partial charge is 0.296 e. The number of aryl methyl sites for hydroxylation is 1. The molecule has 8 nitrogen and oxygen atoms in total. The number of carbonyl (C=O) groups excluding carboxylic acids is 2. The number of hydrogen-bond donors (Lipinski definition) is 1. The Morgan fingerprint density at radius 3 is 2.54 bits per heavy atom. The maximum atomic E-state index is 13.6. The van der Waals surface area contributed by atoms with E-state index in [0.29, 0.717) is 38.8 Å². The number of ether oxygens (including phenoxy) is 1. The minimum absolute atomic E-state index is 0.0380. The van der Waals surface area contributed by atoms with Gasteiger partial charge in [-0.05, 0) is 60.9 Å². The maximum Gasteiger partial charge on any atom is 0.296 e. The Morgan fingerprint density at radius 1 is 1.10 bits per heavy atom. The number of anilines is 1. The number of aliphatic hydroxyl groups is 1. The minimum Gasteiger partial charge on any atom is -0.503 e. The van der Waals surface area contributed by atoms with Gasteiger partial charge in [-0.15, -0.1) is 10.2 Å². The molecule has 0 saturated carbocycles. The first-order chi connectivity index (χ1) is 19.9. The van der Waals surface area contributed by atoms with Crippen molar-refractivity contribution in [1.29, 1.82) is 0 Å². The molecular weight excluding hydrogens is 582 g/mol. The van der Waals surface area contributed by atoms with Gasteiger partial charge >= 0.3 is 0 Å². The van der Waals surface area contributed by atoms with Crippen molar-refractivity contribution < 1.29 is 23.8 Å². The molecular formula is C30H28ClN3O5S2. The Labute approximate surface area is 251 Å². The molecule has 0 saturated heterocycles. The van der Waals surface area contributed by atoms with Crippen LogP contribution >= 0.6 is 34.7 Å². The topological polar surface area (TPSA) is 106 Å². The van der Waals surface area contributed by atoms with E-state index < -0.39 is 23.5 Å². The Hall–Kier alpha value is -3.60. The number of furan rings is 1. The van der Waals surface area contributed by atoms with E-state index in [1.807, 2.05) is 24.3 Å². The van der Waals surface area contributed by atoms with Gasteiger partial charge in [-0.2, -0.15) is 0 Å². The van der Waals surface area contributed by atoms with Gasteiger partial charge in [0.1, 0.15) is 11.5 Å². The lowest BCUT2D eigenvalue weighted by atomic mass is 9.95. The van der Waals surface area contributed by atoms with E-state index in [9.17, 15) is 14.7 Å². The Kier molecular flexibility index (Phi) is 9.12. The highest BCUT2D eigenvalue weighted by atomic mass is 35.5. The zero-order valence-corrected chi connectivity index (χ0v) is 24.9. The fourth-order valence-electron chi connectivity index (χ4n) is 4.41. The van der Waals surface area contributed by atoms with Crippen LogP contribution < -0.4 is 9.64 Å². The summed E-state index contributed by atoms with van der Waals surface area (Å²) >= 11 is 8.66. The molecule has 1 atom stereocenters. The molecule has 0 fully saturated rings. The summed E-state index contributed by atoms with van der Waals surface area (Å²) in [6, 6.07) is 17.0. The zero-order chi connectivity index (χ0) is 28.9. The summed E-state index contributed by atoms with van der Waals surface area (Å²) in [4.78, 5) is 28.4. The second-order valence-electron chi connectivity index (χ2n) is 9.47. The summed E-state index contributed by atoms with van der Waals surface area (Å²) in [5, 5.41) is 20.5. The predicted octanol–water partition coefficient (Wildman–Crippen LogP) is 7.74. The van der Waals surface area contributed by atoms with Gasteiger partial charge < -0.3 is 14.3 Å². The van der Waals surface area contributed by atoms with E-state index in [1.54, 1.807) is 37.3 Å². The number of Topliss-reactive ketones (excluding diaryl/α,β-unsaturated/α-hetero) is 1. The average Bonchev–Trinajstić information content (AvgIpc) is 3.69. The average molecular weight is 610 g/mol. The van der Waals surface area contributed by atoms with Gasteiger partial charge in [-0.1, -0.05) is 78.7 Å². The molecule has 1 aliphatic rings. The van der Waals surface area contributed by atoms with E-state index in [1.165, 1.54) is 34.1 Å². The highest BCUT2D eigenvalue weighted by molar-refractivity contribution is 8.00. The van der Waals surface area contributed by atoms with E-state index in [2.05, 4.69) is 17.1 Å². The lowest BCUT2D eigenvalue weighted by molar-refractivity contribution is -0.117. The fourth-order valence-corrected chi connectivity index (χ4v) is 6.36. The molecule has 0 spiro atoms. The summed E-state index contributed by atoms with van der Waals surface area (Å²) in [6.07, 6.45) is 3.14. The monoisotopic (exact) mass is 609 g/mol. The normalized spacial score (nSPS) is 15.1. The van der Waals surface area contributed by atoms with Crippen molar-refractivity contribution in [2.45, 2.75) is 49.2 Å². The lowest BCUT2D eigenvalue weighted by Gasteiger charge is -2.24. The number of nitrogens with zero attached hydrogens (tertiary/aromatic N) is 3. The molecule has 1 amide bonds. The number of aromatic nitrogens is 2. The molecule has 1 unspecified atom stereocenters. The highest BCUT2D eigenvalue weighted by Crippen LogP contribution is 2.44. The van der Waals surface area contributed by atoms with Crippen LogP contribution in [0.1, 0.15) is 59.7 Å². The highest BCUT2D eigenvalue weighted by Gasteiger charge is 2.46. The number of halogens is 1. The van der Waals surface area contributed by atoms with Crippen molar-refractivity contribution in [2.75, 3.05) is 11.5 Å². The van der Waals surface area contributed by atoms with Gasteiger partial charge in [0.05, 0.1) is 18.2 Å². The van der Waals surface area contributed by atoms with Crippen molar-refractivity contribution in [3.05, 3.63) is 99.7 Å². The first-order valence-corrected chi connectivity index (χ1v) is 15.3. The van der Waals surface area contributed by atoms with Crippen LogP contribution in [0, 0.1) is 6.92 Å². The number of amides is 1. The summed E-state index contributed by atoms with van der Waals surface area (Å²) < 4.78 is 12.0. The standard InChI is InChI=1S/C30H28ClN3O5S2/c1-3-4-5-16-38-22-13-9-20(10-14-22)25-24(26(35)23-15-6-18(2)39-23)27(36)28(37)34(25)29-32-33-30(41-29)40-17-19-7-11-21(31)12-8-19/h6-15,25,36H,3-5,16-17H2,1-2H3. The summed E-state index contributed by atoms with van der Waals surface area (Å²) in [5.74, 6) is -0.0447. The third-order valence-corrected chi connectivity index (χ3v) is 8.89. The van der Waals surface area contributed by atoms with Crippen LogP contribution in [0.3, 0.4) is 0 Å². The number of thioether (sulfide) groups is 1. The third kappa shape index (κ3) is 6.50. The Bertz CT molecular complexity index is 1560. The van der Waals surface area contributed by atoms with Gasteiger partial charge in [-0.3, -0.25) is 14.5 Å². The Morgan fingerprint density at radius 2 is 1.85 bits per heavy atom. The van der Waals surface area contributed by atoms with Gasteiger partial charge in [0.2, 0.25) is 10.9 Å². The molecule has 4 aromatic rings. The van der Waals surface area contributed by atoms with Crippen LogP contribution in [0.5, 0.6) is 5.75 Å². The lowest BCUT2D eigenvalue weighted by Crippen LogP contribution is -2.31. The number of hydrogen-bond acceptors (Lipinski definition) is 9. The third-order valence-electron chi connectivity index (χ3n) is 6.51. The number of rotatable bonds is 12. The maximum absolute atomic E-state index is 13.6. The molecule has 0 bridgehead atoms. The minimum atomic E-state index is -0.934. The Balaban J connectivity index is 1.44. The molecule has 11 heteroatoms. The summed E-state index contributed by atoms with van der Waals surface area (Å²) in [5.41, 5.74) is 1.59. The largest absolute Gasteiger partial charge is 0.503 e. The van der Waals surface area contributed by atoms with Gasteiger partial charge in [0.25, 0.3) is 5.91 Å². The SMILES string of the molecule is CCCCCOc1ccc(C2C(C(=O)c3ccc(C)o3)=C(O)C(=O)N2c2nnc(SCc3ccc(Cl)cc3)s2)cc1. The van der Waals surface area contributed by atoms with Crippen molar-refractivity contribution in [1.82, 2.24) is 10.2 Å². The van der Waals surface area contributed by atoms with Crippen LogP contribution in [-0.4, -0.2) is 33.6 Å². The van der Waals surface area contributed by atoms with E-state index >= 15 is 0 Å². The van der Waals surface area contributed by atoms with Crippen molar-refractivity contribution in [3.8, 4) is 5.75 Å². The first-order valence-electron chi connectivity index (χ1n) is 13.2. The first kappa shape index (κ1) is 28.9. The van der Waals surface area contributed by atoms with Gasteiger partial charge in [-0.25, -0.2) is 0 Å². The molecule has 212 valence electrons. The summed E-state index contributed by atoms with van der Waals surface area (Å²) in [6.45, 7) is 4.46. The number of benzene rings is 2. The van der Waals surface area contributed by atoms with Crippen LogP contribution in [0.2, 0.25) is 5.02 Å². The molecule has 5 rings (SSSR count). The second-order valence-corrected chi connectivity index (χ2v) is 12.1. The molecule has 2 aromatic carbocycles. The van der Waals surface area contributed by atoms with Crippen molar-refractivity contribution in [3.63, 3.8) is 0 Å². The predicted molar refractivity (Wildman–Crippen MR) is 160 cm³/mol. The van der Waals surface area contributed by atoms with Crippen LogP contribution in [0.15, 0.2) is 80.8 Å². The van der Waals surface area contributed by atoms with Crippen LogP contribution in [-0.2, 0) is 10.5 Å². The van der Waals surface area contributed by atoms with E-state index in [0.717, 1.165) is 24.8 Å². The molecule has 1 aliphatic heterocycles. The number of unbranched alkanes of at least 4 members (excludes halogenated alkanes) is 2. The van der Waals surface area contributed by atoms with Crippen LogP contribution in [0.25, 0.3) is 0 Å². The van der Waals surface area contributed by atoms with Crippen molar-refractivity contribution >= 4 is 51.5 Å². The molecule has 0 aliphatic carbocycles. The molecule has 1 N–H and O–H groups in total. The van der Waals surface area contributed by atoms with Crippen molar-refractivity contribution in [2.24, 2.45) is 0 Å². The zero-order valence-electron chi connectivity index (χ0n) is 22.5. The number of ketones is 1. The van der Waals surface area contributed by atoms with Crippen LogP contribution in [0.4, 0.5) is 5.13 Å². The van der Waals surface area contributed by atoms with E-state index in [-0.39, 0.29) is 16.5 Å². The van der Waals surface area contributed by atoms with E-state index in [4.69, 9.17) is 20.8 Å². The molecule has 41 heavy (non-hydrogen) atoms. The summed E-state index contributed by atoms with van der Waals surface area (Å²) in [7, 11) is 0. The number of carbonyl (C=O) groups is 2. The number of aliphatic hydroxyl groups excluding tert-OH is 1. The molecule has 2 aromatic heterocycles. The molecule has 3 heterocycles. The van der Waals surface area contributed by atoms with Gasteiger partial charge in [0, 0.05) is 10.8 Å².